The van der Waals surface area contributed by atoms with Gasteiger partial charge in [-0.1, -0.05) is 12.1 Å². The number of ether oxygens (including phenoxy) is 1. The third-order valence-electron chi connectivity index (χ3n) is 2.46. The molecular weight excluding hydrogens is 178 g/mol. The number of nitrogens with zero attached hydrogens (tertiary/aromatic N) is 1. The predicted octanol–water partition coefficient (Wildman–Crippen LogP) is 1.46. The Balaban J connectivity index is 2.53. The zero-order valence-corrected chi connectivity index (χ0v) is 8.41. The normalized spacial score (nSPS) is 15.9. The first-order chi connectivity index (χ1) is 6.70. The van der Waals surface area contributed by atoms with Crippen LogP contribution in [0, 0.1) is 6.92 Å². The fourth-order valence-electron chi connectivity index (χ4n) is 1.60. The maximum Gasteiger partial charge on any atom is 0.257 e. The highest BCUT2D eigenvalue weighted by Gasteiger charge is 2.21. The Labute approximate surface area is 83.3 Å². The highest BCUT2D eigenvalue weighted by Crippen LogP contribution is 2.26. The second-order valence-electron chi connectivity index (χ2n) is 3.53. The number of hydrogen-bond acceptors (Lipinski definition) is 2. The van der Waals surface area contributed by atoms with E-state index in [2.05, 4.69) is 0 Å². The molecule has 1 aromatic carbocycles. The van der Waals surface area contributed by atoms with Crippen LogP contribution in [0.15, 0.2) is 18.2 Å². The number of likely N-dealkylation sites (N-methyl/N-ethyl adjacent to an activating group) is 1. The van der Waals surface area contributed by atoms with E-state index in [0.29, 0.717) is 18.7 Å². The minimum Gasteiger partial charge on any atom is -0.491 e. The van der Waals surface area contributed by atoms with Gasteiger partial charge in [0.2, 0.25) is 0 Å². The molecule has 0 spiro atoms. The molecule has 2 rings (SSSR count). The number of aryl methyl sites for hydroxylation is 1. The molecule has 0 saturated heterocycles. The summed E-state index contributed by atoms with van der Waals surface area (Å²) in [4.78, 5) is 13.5. The smallest absolute Gasteiger partial charge is 0.257 e. The quantitative estimate of drug-likeness (QED) is 0.621. The molecule has 3 nitrogen and oxygen atoms in total. The van der Waals surface area contributed by atoms with Crippen molar-refractivity contribution >= 4 is 5.91 Å². The van der Waals surface area contributed by atoms with E-state index in [9.17, 15) is 4.79 Å². The zero-order valence-electron chi connectivity index (χ0n) is 8.41. The van der Waals surface area contributed by atoms with Crippen LogP contribution in [0.25, 0.3) is 0 Å². The number of rotatable bonds is 0. The van der Waals surface area contributed by atoms with Crippen LogP contribution in [0.2, 0.25) is 0 Å². The average molecular weight is 191 g/mol. The van der Waals surface area contributed by atoms with Crippen molar-refractivity contribution < 1.29 is 9.53 Å². The van der Waals surface area contributed by atoms with Gasteiger partial charge in [-0.05, 0) is 18.6 Å². The lowest BCUT2D eigenvalue weighted by Crippen LogP contribution is -2.27. The van der Waals surface area contributed by atoms with Gasteiger partial charge in [0.15, 0.2) is 0 Å². The summed E-state index contributed by atoms with van der Waals surface area (Å²) < 4.78 is 5.56. The van der Waals surface area contributed by atoms with Crippen molar-refractivity contribution in [1.29, 1.82) is 0 Å². The van der Waals surface area contributed by atoms with Gasteiger partial charge < -0.3 is 9.64 Å². The number of fused-ring (bicyclic) bond motifs is 1. The Morgan fingerprint density at radius 1 is 1.43 bits per heavy atom. The van der Waals surface area contributed by atoms with Crippen molar-refractivity contribution in [1.82, 2.24) is 4.90 Å². The third-order valence-corrected chi connectivity index (χ3v) is 2.46. The summed E-state index contributed by atoms with van der Waals surface area (Å²) in [6, 6.07) is 5.65. The topological polar surface area (TPSA) is 29.5 Å². The Bertz CT molecular complexity index is 374. The van der Waals surface area contributed by atoms with Gasteiger partial charge in [0.1, 0.15) is 12.4 Å². The number of hydrogen-bond donors (Lipinski definition) is 0. The van der Waals surface area contributed by atoms with Gasteiger partial charge >= 0.3 is 0 Å². The summed E-state index contributed by atoms with van der Waals surface area (Å²) in [6.45, 7) is 3.17. The molecule has 1 aliphatic heterocycles. The molecule has 0 atom stereocenters. The number of carbonyl (C=O) groups is 1. The van der Waals surface area contributed by atoms with Crippen molar-refractivity contribution in [3.63, 3.8) is 0 Å². The molecular formula is C11H13NO2. The second kappa shape index (κ2) is 3.33. The Kier molecular flexibility index (Phi) is 2.15. The van der Waals surface area contributed by atoms with Crippen molar-refractivity contribution in [3.8, 4) is 5.75 Å². The standard InChI is InChI=1S/C11H13NO2/c1-8-4-3-5-9-10(8)14-7-6-12(2)11(9)13/h3-5H,6-7H2,1-2H3. The monoisotopic (exact) mass is 191 g/mol. The minimum atomic E-state index is 0.0428. The first-order valence-electron chi connectivity index (χ1n) is 4.68. The zero-order chi connectivity index (χ0) is 10.1. The SMILES string of the molecule is Cc1cccc2c1OCCN(C)C2=O. The van der Waals surface area contributed by atoms with Crippen molar-refractivity contribution in [2.45, 2.75) is 6.92 Å². The highest BCUT2D eigenvalue weighted by atomic mass is 16.5. The Morgan fingerprint density at radius 3 is 3.00 bits per heavy atom. The molecule has 0 aromatic heterocycles. The predicted molar refractivity (Wildman–Crippen MR) is 53.6 cm³/mol. The second-order valence-corrected chi connectivity index (χ2v) is 3.53. The fraction of sp³-hybridized carbons (Fsp3) is 0.364. The van der Waals surface area contributed by atoms with E-state index >= 15 is 0 Å². The maximum absolute atomic E-state index is 11.8. The lowest BCUT2D eigenvalue weighted by Gasteiger charge is -2.12. The molecule has 1 aromatic rings. The van der Waals surface area contributed by atoms with Crippen LogP contribution >= 0.6 is 0 Å². The number of amides is 1. The molecule has 1 aliphatic rings. The molecule has 0 radical (unpaired) electrons. The summed E-state index contributed by atoms with van der Waals surface area (Å²) in [5.41, 5.74) is 1.69. The molecule has 0 aliphatic carbocycles. The lowest BCUT2D eigenvalue weighted by molar-refractivity contribution is 0.0797. The van der Waals surface area contributed by atoms with Crippen molar-refractivity contribution in [3.05, 3.63) is 29.3 Å². The fourth-order valence-corrected chi connectivity index (χ4v) is 1.60. The summed E-state index contributed by atoms with van der Waals surface area (Å²) in [6.07, 6.45) is 0. The van der Waals surface area contributed by atoms with Crippen LogP contribution in [0.5, 0.6) is 5.75 Å². The van der Waals surface area contributed by atoms with Crippen LogP contribution in [0.1, 0.15) is 15.9 Å². The van der Waals surface area contributed by atoms with Gasteiger partial charge in [-0.2, -0.15) is 0 Å². The molecule has 0 saturated carbocycles. The maximum atomic E-state index is 11.8. The molecule has 14 heavy (non-hydrogen) atoms. The average Bonchev–Trinajstić information content (AvgIpc) is 2.31. The van der Waals surface area contributed by atoms with E-state index in [0.717, 1.165) is 11.3 Å². The number of carbonyl (C=O) groups excluding carboxylic acids is 1. The third kappa shape index (κ3) is 1.35. The van der Waals surface area contributed by atoms with Crippen molar-refractivity contribution in [2.75, 3.05) is 20.2 Å². The van der Waals surface area contributed by atoms with Crippen LogP contribution < -0.4 is 4.74 Å². The Hall–Kier alpha value is -1.51. The summed E-state index contributed by atoms with van der Waals surface area (Å²) in [5, 5.41) is 0. The molecule has 0 fully saturated rings. The van der Waals surface area contributed by atoms with Crippen LogP contribution in [-0.2, 0) is 0 Å². The number of para-hydroxylation sites is 1. The van der Waals surface area contributed by atoms with E-state index in [1.54, 1.807) is 11.9 Å². The van der Waals surface area contributed by atoms with E-state index < -0.39 is 0 Å². The van der Waals surface area contributed by atoms with Gasteiger partial charge in [0, 0.05) is 7.05 Å². The molecule has 0 bridgehead atoms. The summed E-state index contributed by atoms with van der Waals surface area (Å²) in [7, 11) is 1.79. The summed E-state index contributed by atoms with van der Waals surface area (Å²) in [5.74, 6) is 0.781. The van der Waals surface area contributed by atoms with E-state index in [1.807, 2.05) is 25.1 Å². The molecule has 1 heterocycles. The van der Waals surface area contributed by atoms with E-state index in [1.165, 1.54) is 0 Å². The lowest BCUT2D eigenvalue weighted by atomic mass is 10.1. The summed E-state index contributed by atoms with van der Waals surface area (Å²) >= 11 is 0. The van der Waals surface area contributed by atoms with Crippen LogP contribution in [0.4, 0.5) is 0 Å². The molecule has 3 heteroatoms. The minimum absolute atomic E-state index is 0.0428. The first kappa shape index (κ1) is 9.06. The highest BCUT2D eigenvalue weighted by molar-refractivity contribution is 5.97. The van der Waals surface area contributed by atoms with Crippen molar-refractivity contribution in [2.24, 2.45) is 0 Å². The Morgan fingerprint density at radius 2 is 2.21 bits per heavy atom. The molecule has 1 amide bonds. The van der Waals surface area contributed by atoms with E-state index in [-0.39, 0.29) is 5.91 Å². The van der Waals surface area contributed by atoms with Crippen LogP contribution in [-0.4, -0.2) is 31.0 Å². The largest absolute Gasteiger partial charge is 0.491 e. The van der Waals surface area contributed by atoms with Crippen LogP contribution in [0.3, 0.4) is 0 Å². The van der Waals surface area contributed by atoms with Gasteiger partial charge in [0.05, 0.1) is 12.1 Å². The first-order valence-corrected chi connectivity index (χ1v) is 4.68. The molecule has 0 N–H and O–H groups in total. The van der Waals surface area contributed by atoms with Gasteiger partial charge in [-0.15, -0.1) is 0 Å². The molecule has 74 valence electrons. The van der Waals surface area contributed by atoms with Gasteiger partial charge in [0.25, 0.3) is 5.91 Å². The van der Waals surface area contributed by atoms with E-state index in [4.69, 9.17) is 4.74 Å². The van der Waals surface area contributed by atoms with Gasteiger partial charge in [-0.25, -0.2) is 0 Å². The number of benzene rings is 1. The molecule has 0 unspecified atom stereocenters. The van der Waals surface area contributed by atoms with Gasteiger partial charge in [-0.3, -0.25) is 4.79 Å².